The number of benzene rings is 1. The van der Waals surface area contributed by atoms with E-state index in [-0.39, 0.29) is 18.6 Å². The maximum atomic E-state index is 12.7. The summed E-state index contributed by atoms with van der Waals surface area (Å²) in [5.74, 6) is 0.557. The fraction of sp³-hybridized carbons (Fsp3) is 0.560. The van der Waals surface area contributed by atoms with Gasteiger partial charge in [0.2, 0.25) is 0 Å². The Bertz CT molecular complexity index is 1050. The highest BCUT2D eigenvalue weighted by Gasteiger charge is 2.32. The summed E-state index contributed by atoms with van der Waals surface area (Å²) < 4.78 is 12.9. The predicted molar refractivity (Wildman–Crippen MR) is 128 cm³/mol. The second-order valence-electron chi connectivity index (χ2n) is 9.78. The molecule has 2 aliphatic heterocycles. The normalized spacial score (nSPS) is 18.1. The van der Waals surface area contributed by atoms with Gasteiger partial charge in [-0.25, -0.2) is 4.79 Å². The predicted octanol–water partition coefficient (Wildman–Crippen LogP) is 3.23. The minimum Gasteiger partial charge on any atom is -0.483 e. The number of rotatable bonds is 6. The number of aromatic nitrogens is 2. The molecule has 1 N–H and O–H groups in total. The molecule has 0 saturated carbocycles. The Balaban J connectivity index is 1.72. The molecule has 3 heterocycles. The number of nitrogens with zero attached hydrogens (tertiary/aromatic N) is 4. The van der Waals surface area contributed by atoms with E-state index in [1.54, 1.807) is 29.6 Å². The Kier molecular flexibility index (Phi) is 6.84. The molecule has 1 aromatic carbocycles. The largest absolute Gasteiger partial charge is 0.483 e. The van der Waals surface area contributed by atoms with Gasteiger partial charge in [-0.15, -0.1) is 0 Å². The van der Waals surface area contributed by atoms with Crippen molar-refractivity contribution in [3.8, 4) is 16.9 Å². The van der Waals surface area contributed by atoms with Crippen LogP contribution in [0.1, 0.15) is 45.6 Å². The van der Waals surface area contributed by atoms with Gasteiger partial charge >= 0.3 is 6.09 Å². The van der Waals surface area contributed by atoms with Crippen LogP contribution in [0.3, 0.4) is 0 Å². The van der Waals surface area contributed by atoms with E-state index in [4.69, 9.17) is 9.47 Å². The first-order chi connectivity index (χ1) is 16.2. The highest BCUT2D eigenvalue weighted by atomic mass is 16.5. The van der Waals surface area contributed by atoms with Crippen LogP contribution in [0.2, 0.25) is 0 Å². The van der Waals surface area contributed by atoms with E-state index < -0.39 is 11.7 Å². The molecule has 0 aliphatic carbocycles. The summed E-state index contributed by atoms with van der Waals surface area (Å²) >= 11 is 0. The lowest BCUT2D eigenvalue weighted by molar-refractivity contribution is -0.132. The Morgan fingerprint density at radius 3 is 2.65 bits per heavy atom. The van der Waals surface area contributed by atoms with Gasteiger partial charge in [0.05, 0.1) is 31.1 Å². The molecule has 0 spiro atoms. The molecule has 2 aliphatic rings. The Hall–Kier alpha value is -3.07. The first-order valence-corrected chi connectivity index (χ1v) is 11.9. The summed E-state index contributed by atoms with van der Waals surface area (Å²) in [6, 6.07) is 3.78. The molecular formula is C25H34N4O5. The highest BCUT2D eigenvalue weighted by molar-refractivity contribution is 5.92. The first-order valence-electron chi connectivity index (χ1n) is 11.9. The summed E-state index contributed by atoms with van der Waals surface area (Å²) in [6.07, 6.45) is 6.67. The number of aliphatic hydroxyl groups is 1. The van der Waals surface area contributed by atoms with Crippen molar-refractivity contribution in [3.63, 3.8) is 0 Å². The van der Waals surface area contributed by atoms with E-state index in [9.17, 15) is 14.7 Å². The zero-order valence-corrected chi connectivity index (χ0v) is 20.4. The van der Waals surface area contributed by atoms with Crippen LogP contribution in [0.25, 0.3) is 11.1 Å². The second-order valence-corrected chi connectivity index (χ2v) is 9.78. The van der Waals surface area contributed by atoms with Crippen molar-refractivity contribution in [1.29, 1.82) is 0 Å². The van der Waals surface area contributed by atoms with Gasteiger partial charge < -0.3 is 19.5 Å². The van der Waals surface area contributed by atoms with Crippen molar-refractivity contribution in [2.75, 3.05) is 31.7 Å². The van der Waals surface area contributed by atoms with E-state index in [1.807, 2.05) is 30.2 Å². The van der Waals surface area contributed by atoms with Crippen molar-refractivity contribution >= 4 is 17.7 Å². The average molecular weight is 471 g/mol. The molecule has 1 fully saturated rings. The zero-order chi connectivity index (χ0) is 24.5. The summed E-state index contributed by atoms with van der Waals surface area (Å²) in [5, 5.41) is 14.6. The molecule has 0 unspecified atom stereocenters. The minimum atomic E-state index is -0.905. The number of hydrogen-bond acceptors (Lipinski definition) is 6. The lowest BCUT2D eigenvalue weighted by Gasteiger charge is -2.35. The number of carbonyl (C=O) groups is 2. The standard InChI is InChI=1S/C25H34N4O5/c1-17-7-8-20-21(29(17)24(31)33-4)10-9-19(18-13-26-28(14-18)16-25(2,3)32)23(20)34-15-22(30)27-11-5-6-12-27/h9-10,13-14,17,32H,5-8,11-12,15-16H2,1-4H3/t17-/m0/s1. The Morgan fingerprint density at radius 1 is 1.24 bits per heavy atom. The van der Waals surface area contributed by atoms with Crippen molar-refractivity contribution < 1.29 is 24.2 Å². The molecule has 34 heavy (non-hydrogen) atoms. The molecule has 9 heteroatoms. The molecule has 9 nitrogen and oxygen atoms in total. The fourth-order valence-corrected chi connectivity index (χ4v) is 4.75. The summed E-state index contributed by atoms with van der Waals surface area (Å²) in [5.41, 5.74) is 2.33. The van der Waals surface area contributed by atoms with Crippen LogP contribution in [-0.2, 0) is 22.5 Å². The third kappa shape index (κ3) is 5.04. The molecule has 2 amide bonds. The number of ether oxygens (including phenoxy) is 2. The molecule has 1 atom stereocenters. The van der Waals surface area contributed by atoms with Crippen molar-refractivity contribution in [2.45, 2.75) is 64.6 Å². The topological polar surface area (TPSA) is 97.1 Å². The van der Waals surface area contributed by atoms with Crippen LogP contribution >= 0.6 is 0 Å². The van der Waals surface area contributed by atoms with Gasteiger partial charge in [-0.3, -0.25) is 14.4 Å². The van der Waals surface area contributed by atoms with Gasteiger partial charge in [-0.1, -0.05) is 0 Å². The average Bonchev–Trinajstić information content (AvgIpc) is 3.48. The van der Waals surface area contributed by atoms with Gasteiger partial charge in [-0.05, 0) is 58.6 Å². The van der Waals surface area contributed by atoms with Gasteiger partial charge in [0.1, 0.15) is 5.75 Å². The third-order valence-corrected chi connectivity index (χ3v) is 6.41. The van der Waals surface area contributed by atoms with Crippen LogP contribution in [0.15, 0.2) is 24.5 Å². The molecule has 0 bridgehead atoms. The van der Waals surface area contributed by atoms with Crippen molar-refractivity contribution in [1.82, 2.24) is 14.7 Å². The fourth-order valence-electron chi connectivity index (χ4n) is 4.75. The summed E-state index contributed by atoms with van der Waals surface area (Å²) in [7, 11) is 1.38. The second kappa shape index (κ2) is 9.66. The minimum absolute atomic E-state index is 0.0144. The van der Waals surface area contributed by atoms with Gasteiger partial charge in [0, 0.05) is 42.0 Å². The van der Waals surface area contributed by atoms with Gasteiger partial charge in [-0.2, -0.15) is 5.10 Å². The lowest BCUT2D eigenvalue weighted by atomic mass is 9.92. The number of fused-ring (bicyclic) bond motifs is 1. The van der Waals surface area contributed by atoms with Crippen LogP contribution in [0.4, 0.5) is 10.5 Å². The lowest BCUT2D eigenvalue weighted by Crippen LogP contribution is -2.42. The zero-order valence-electron chi connectivity index (χ0n) is 20.4. The van der Waals surface area contributed by atoms with E-state index >= 15 is 0 Å². The Morgan fingerprint density at radius 2 is 1.97 bits per heavy atom. The van der Waals surface area contributed by atoms with Crippen LogP contribution in [-0.4, -0.2) is 70.2 Å². The molecule has 184 valence electrons. The number of likely N-dealkylation sites (tertiary alicyclic amines) is 1. The number of carbonyl (C=O) groups excluding carboxylic acids is 2. The molecule has 1 aromatic heterocycles. The van der Waals surface area contributed by atoms with Crippen molar-refractivity contribution in [2.24, 2.45) is 0 Å². The number of amides is 2. The van der Waals surface area contributed by atoms with Crippen LogP contribution < -0.4 is 9.64 Å². The monoisotopic (exact) mass is 470 g/mol. The molecule has 1 saturated heterocycles. The van der Waals surface area contributed by atoms with Gasteiger partial charge in [0.15, 0.2) is 6.61 Å². The maximum Gasteiger partial charge on any atom is 0.414 e. The third-order valence-electron chi connectivity index (χ3n) is 6.41. The number of hydrogen-bond donors (Lipinski definition) is 1. The smallest absolute Gasteiger partial charge is 0.414 e. The van der Waals surface area contributed by atoms with E-state index in [0.717, 1.165) is 54.7 Å². The molecule has 4 rings (SSSR count). The summed E-state index contributed by atoms with van der Waals surface area (Å²) in [4.78, 5) is 28.8. The first kappa shape index (κ1) is 24.1. The summed E-state index contributed by atoms with van der Waals surface area (Å²) in [6.45, 7) is 7.26. The SMILES string of the molecule is COC(=O)N1c2ccc(-c3cnn(CC(C)(C)O)c3)c(OCC(=O)N3CCCC3)c2CC[C@@H]1C. The van der Waals surface area contributed by atoms with Crippen molar-refractivity contribution in [3.05, 3.63) is 30.1 Å². The maximum absolute atomic E-state index is 12.7. The quantitative estimate of drug-likeness (QED) is 0.696. The van der Waals surface area contributed by atoms with E-state index in [2.05, 4.69) is 5.10 Å². The molecule has 2 aromatic rings. The number of methoxy groups -OCH3 is 1. The van der Waals surface area contributed by atoms with E-state index in [1.165, 1.54) is 7.11 Å². The van der Waals surface area contributed by atoms with Crippen LogP contribution in [0, 0.1) is 0 Å². The molecular weight excluding hydrogens is 436 g/mol. The number of anilines is 1. The Labute approximate surface area is 200 Å². The molecule has 0 radical (unpaired) electrons. The van der Waals surface area contributed by atoms with Gasteiger partial charge in [0.25, 0.3) is 5.91 Å². The van der Waals surface area contributed by atoms with Crippen LogP contribution in [0.5, 0.6) is 5.75 Å². The van der Waals surface area contributed by atoms with E-state index in [0.29, 0.717) is 18.7 Å². The highest BCUT2D eigenvalue weighted by Crippen LogP contribution is 2.43.